The normalized spacial score (nSPS) is 25.5. The van der Waals surface area contributed by atoms with Crippen molar-refractivity contribution in [2.75, 3.05) is 40.4 Å². The van der Waals surface area contributed by atoms with E-state index in [0.717, 1.165) is 31.1 Å². The number of hydroxylamine groups is 2. The summed E-state index contributed by atoms with van der Waals surface area (Å²) in [5.74, 6) is 0.494. The number of hydrogen-bond donors (Lipinski definition) is 3. The SMILES string of the molecule is CC1CCCC(C)(C)C1.CN(C)CCN(Cc1cccc(CN2OC(CO)C(CO)C2C(N)=O)c1)C(c1ccccc1)C1CCCCC1. The molecule has 5 atom stereocenters. The Balaban J connectivity index is 0.000000500. The van der Waals surface area contributed by atoms with Gasteiger partial charge in [-0.05, 0) is 73.7 Å². The Morgan fingerprint density at radius 1 is 0.958 bits per heavy atom. The minimum atomic E-state index is -0.791. The standard InChI is InChI=1S/C31H46N4O4.C9H18/c1-33(2)16-17-34(29(25-12-5-3-6-13-25)26-14-7-4-8-15-26)19-23-10-9-11-24(18-23)20-35-30(31(32)38)27(21-36)28(22-37)39-35;1-8-5-4-6-9(2,3)7-8/h3,5-6,9-13,18,26-30,36-37H,4,7-8,14-17,19-22H2,1-2H3,(H2,32,38);8H,4-7H2,1-3H3. The molecule has 2 aromatic rings. The van der Waals surface area contributed by atoms with Crippen LogP contribution in [0.2, 0.25) is 0 Å². The summed E-state index contributed by atoms with van der Waals surface area (Å²) in [6.07, 6.45) is 11.6. The van der Waals surface area contributed by atoms with Crippen molar-refractivity contribution in [2.45, 2.75) is 110 Å². The molecule has 48 heavy (non-hydrogen) atoms. The molecule has 3 fully saturated rings. The third kappa shape index (κ3) is 11.1. The van der Waals surface area contributed by atoms with Gasteiger partial charge in [0, 0.05) is 31.6 Å². The molecule has 5 unspecified atom stereocenters. The van der Waals surface area contributed by atoms with Gasteiger partial charge in [0.1, 0.15) is 12.1 Å². The molecule has 0 spiro atoms. The molecule has 2 aromatic carbocycles. The van der Waals surface area contributed by atoms with Gasteiger partial charge in [-0.25, -0.2) is 0 Å². The molecule has 4 N–H and O–H groups in total. The molecule has 1 aliphatic heterocycles. The second-order valence-corrected chi connectivity index (χ2v) is 15.8. The minimum absolute atomic E-state index is 0.280. The van der Waals surface area contributed by atoms with Crippen LogP contribution >= 0.6 is 0 Å². The van der Waals surface area contributed by atoms with E-state index in [0.29, 0.717) is 23.9 Å². The number of aliphatic hydroxyl groups is 2. The first-order chi connectivity index (χ1) is 23.0. The van der Waals surface area contributed by atoms with Crippen molar-refractivity contribution in [1.82, 2.24) is 14.9 Å². The highest BCUT2D eigenvalue weighted by atomic mass is 16.7. The van der Waals surface area contributed by atoms with E-state index in [9.17, 15) is 15.0 Å². The van der Waals surface area contributed by atoms with E-state index in [4.69, 9.17) is 10.6 Å². The zero-order valence-electron chi connectivity index (χ0n) is 30.4. The van der Waals surface area contributed by atoms with E-state index >= 15 is 0 Å². The summed E-state index contributed by atoms with van der Waals surface area (Å²) in [5, 5.41) is 21.1. The molecule has 5 rings (SSSR count). The lowest BCUT2D eigenvalue weighted by Gasteiger charge is -2.40. The van der Waals surface area contributed by atoms with Crippen LogP contribution in [-0.2, 0) is 22.7 Å². The molecule has 1 heterocycles. The van der Waals surface area contributed by atoms with E-state index < -0.39 is 24.0 Å². The molecule has 268 valence electrons. The average molecular weight is 665 g/mol. The lowest BCUT2D eigenvalue weighted by molar-refractivity contribution is -0.180. The number of hydrogen-bond acceptors (Lipinski definition) is 7. The quantitative estimate of drug-likeness (QED) is 0.236. The molecule has 2 aliphatic carbocycles. The van der Waals surface area contributed by atoms with E-state index in [1.54, 1.807) is 0 Å². The number of nitrogens with two attached hydrogens (primary N) is 1. The molecular weight excluding hydrogens is 600 g/mol. The highest BCUT2D eigenvalue weighted by molar-refractivity contribution is 5.80. The Bertz CT molecular complexity index is 1230. The van der Waals surface area contributed by atoms with Gasteiger partial charge in [0.25, 0.3) is 0 Å². The maximum Gasteiger partial charge on any atom is 0.237 e. The smallest absolute Gasteiger partial charge is 0.237 e. The van der Waals surface area contributed by atoms with E-state index in [1.165, 1.54) is 74.0 Å². The van der Waals surface area contributed by atoms with Crippen molar-refractivity contribution in [3.8, 4) is 0 Å². The Morgan fingerprint density at radius 3 is 2.25 bits per heavy atom. The molecule has 0 aromatic heterocycles. The van der Waals surface area contributed by atoms with Crippen LogP contribution < -0.4 is 5.73 Å². The number of carbonyl (C=O) groups is 1. The van der Waals surface area contributed by atoms with Crippen molar-refractivity contribution >= 4 is 5.91 Å². The van der Waals surface area contributed by atoms with Crippen molar-refractivity contribution in [2.24, 2.45) is 28.9 Å². The summed E-state index contributed by atoms with van der Waals surface area (Å²) in [7, 11) is 4.25. The summed E-state index contributed by atoms with van der Waals surface area (Å²) in [4.78, 5) is 23.0. The van der Waals surface area contributed by atoms with Crippen LogP contribution in [0.25, 0.3) is 0 Å². The van der Waals surface area contributed by atoms with Crippen LogP contribution in [0.4, 0.5) is 0 Å². The molecular formula is C40H64N4O4. The van der Waals surface area contributed by atoms with Gasteiger partial charge in [0.15, 0.2) is 0 Å². The van der Waals surface area contributed by atoms with Crippen LogP contribution in [-0.4, -0.2) is 83.5 Å². The fourth-order valence-corrected chi connectivity index (χ4v) is 8.45. The van der Waals surface area contributed by atoms with Gasteiger partial charge >= 0.3 is 0 Å². The third-order valence-electron chi connectivity index (χ3n) is 10.8. The summed E-state index contributed by atoms with van der Waals surface area (Å²) in [6.45, 7) is 9.69. The molecule has 1 amide bonds. The Labute approximate surface area is 290 Å². The molecule has 3 aliphatic rings. The average Bonchev–Trinajstić information content (AvgIpc) is 3.42. The first kappa shape index (κ1) is 38.5. The zero-order chi connectivity index (χ0) is 34.7. The monoisotopic (exact) mass is 664 g/mol. The first-order valence-corrected chi connectivity index (χ1v) is 18.5. The fraction of sp³-hybridized carbons (Fsp3) is 0.675. The largest absolute Gasteiger partial charge is 0.396 e. The summed E-state index contributed by atoms with van der Waals surface area (Å²) < 4.78 is 0. The number of carbonyl (C=O) groups excluding carboxylic acids is 1. The summed E-state index contributed by atoms with van der Waals surface area (Å²) >= 11 is 0. The van der Waals surface area contributed by atoms with Crippen LogP contribution in [0.1, 0.15) is 101 Å². The van der Waals surface area contributed by atoms with Crippen LogP contribution in [0.3, 0.4) is 0 Å². The topological polar surface area (TPSA) is 102 Å². The Hall–Kier alpha value is -2.33. The second-order valence-electron chi connectivity index (χ2n) is 15.8. The molecule has 0 bridgehead atoms. The minimum Gasteiger partial charge on any atom is -0.396 e. The fourth-order valence-electron chi connectivity index (χ4n) is 8.45. The second kappa shape index (κ2) is 18.6. The first-order valence-electron chi connectivity index (χ1n) is 18.5. The van der Waals surface area contributed by atoms with Gasteiger partial charge in [0.2, 0.25) is 5.91 Å². The Kier molecular flexibility index (Phi) is 14.9. The summed E-state index contributed by atoms with van der Waals surface area (Å²) in [5.41, 5.74) is 9.91. The van der Waals surface area contributed by atoms with E-state index in [2.05, 4.69) is 93.2 Å². The lowest BCUT2D eigenvalue weighted by atomic mass is 9.73. The number of likely N-dealkylation sites (N-methyl/N-ethyl adjacent to an activating group) is 1. The number of nitrogens with zero attached hydrogens (tertiary/aromatic N) is 3. The van der Waals surface area contributed by atoms with Crippen molar-refractivity contribution in [1.29, 1.82) is 0 Å². The molecule has 8 heteroatoms. The lowest BCUT2D eigenvalue weighted by Crippen LogP contribution is -2.44. The maximum absolute atomic E-state index is 12.2. The summed E-state index contributed by atoms with van der Waals surface area (Å²) in [6, 6.07) is 18.9. The molecule has 1 saturated heterocycles. The van der Waals surface area contributed by atoms with Crippen LogP contribution in [0.15, 0.2) is 54.6 Å². The number of rotatable bonds is 13. The highest BCUT2D eigenvalue weighted by Gasteiger charge is 2.46. The van der Waals surface area contributed by atoms with Gasteiger partial charge in [-0.2, -0.15) is 5.06 Å². The van der Waals surface area contributed by atoms with Crippen molar-refractivity contribution in [3.05, 3.63) is 71.3 Å². The highest BCUT2D eigenvalue weighted by Crippen LogP contribution is 2.40. The van der Waals surface area contributed by atoms with E-state index in [-0.39, 0.29) is 13.2 Å². The number of aliphatic hydroxyl groups excluding tert-OH is 2. The molecule has 0 radical (unpaired) electrons. The zero-order valence-corrected chi connectivity index (χ0v) is 30.4. The van der Waals surface area contributed by atoms with Crippen LogP contribution in [0, 0.1) is 23.2 Å². The van der Waals surface area contributed by atoms with Gasteiger partial charge in [-0.1, -0.05) is 107 Å². The predicted molar refractivity (Wildman–Crippen MR) is 194 cm³/mol. The van der Waals surface area contributed by atoms with Crippen LogP contribution in [0.5, 0.6) is 0 Å². The van der Waals surface area contributed by atoms with Crippen molar-refractivity contribution < 1.29 is 19.8 Å². The van der Waals surface area contributed by atoms with E-state index in [1.807, 2.05) is 6.07 Å². The van der Waals surface area contributed by atoms with Gasteiger partial charge in [-0.15, -0.1) is 0 Å². The Morgan fingerprint density at radius 2 is 1.67 bits per heavy atom. The predicted octanol–water partition coefficient (Wildman–Crippen LogP) is 6.17. The molecule has 2 saturated carbocycles. The number of benzene rings is 2. The number of amides is 1. The maximum atomic E-state index is 12.2. The van der Waals surface area contributed by atoms with Gasteiger partial charge in [0.05, 0.1) is 19.8 Å². The molecule has 8 nitrogen and oxygen atoms in total. The van der Waals surface area contributed by atoms with Crippen molar-refractivity contribution in [3.63, 3.8) is 0 Å². The van der Waals surface area contributed by atoms with Gasteiger partial charge < -0.3 is 20.8 Å². The van der Waals surface area contributed by atoms with Gasteiger partial charge in [-0.3, -0.25) is 14.5 Å². The number of primary amides is 1. The third-order valence-corrected chi connectivity index (χ3v) is 10.8.